The van der Waals surface area contributed by atoms with E-state index in [-0.39, 0.29) is 0 Å². The van der Waals surface area contributed by atoms with E-state index in [1.807, 2.05) is 33.4 Å². The molecule has 0 saturated heterocycles. The van der Waals surface area contributed by atoms with E-state index in [4.69, 9.17) is 0 Å². The Balaban J connectivity index is 1.85. The number of hydrogen-bond donors (Lipinski definition) is 1. The smallest absolute Gasteiger partial charge is 0.193 e. The lowest BCUT2D eigenvalue weighted by Crippen LogP contribution is -2.40. The summed E-state index contributed by atoms with van der Waals surface area (Å²) in [6.07, 6.45) is 5.88. The average molecular weight is 288 g/mol. The van der Waals surface area contributed by atoms with Gasteiger partial charge in [0.2, 0.25) is 0 Å². The maximum absolute atomic E-state index is 4.34. The van der Waals surface area contributed by atoms with Crippen LogP contribution in [0.25, 0.3) is 0 Å². The maximum Gasteiger partial charge on any atom is 0.193 e. The predicted octanol–water partition coefficient (Wildman–Crippen LogP) is 1.24. The van der Waals surface area contributed by atoms with Crippen LogP contribution in [-0.2, 0) is 20.1 Å². The van der Waals surface area contributed by atoms with Gasteiger partial charge in [-0.3, -0.25) is 4.99 Å². The molecule has 6 nitrogen and oxygen atoms in total. The zero-order valence-electron chi connectivity index (χ0n) is 13.2. The first kappa shape index (κ1) is 15.2. The minimum Gasteiger partial charge on any atom is -0.354 e. The molecule has 0 atom stereocenters. The molecule has 0 amide bonds. The fourth-order valence-corrected chi connectivity index (χ4v) is 2.29. The van der Waals surface area contributed by atoms with Gasteiger partial charge in [-0.15, -0.1) is 0 Å². The molecule has 0 saturated carbocycles. The molecular formula is C15H24N6. The summed E-state index contributed by atoms with van der Waals surface area (Å²) in [6.45, 7) is 4.54. The van der Waals surface area contributed by atoms with Gasteiger partial charge in [-0.25, -0.2) is 4.98 Å². The fourth-order valence-electron chi connectivity index (χ4n) is 2.29. The van der Waals surface area contributed by atoms with E-state index in [1.54, 1.807) is 0 Å². The first-order valence-electron chi connectivity index (χ1n) is 7.11. The van der Waals surface area contributed by atoms with Gasteiger partial charge in [0.15, 0.2) is 5.96 Å². The molecule has 2 aromatic rings. The number of rotatable bonds is 5. The van der Waals surface area contributed by atoms with Crippen molar-refractivity contribution in [3.05, 3.63) is 42.2 Å². The summed E-state index contributed by atoms with van der Waals surface area (Å²) in [5.41, 5.74) is 1.26. The van der Waals surface area contributed by atoms with Crippen molar-refractivity contribution in [3.63, 3.8) is 0 Å². The predicted molar refractivity (Wildman–Crippen MR) is 85.2 cm³/mol. The maximum atomic E-state index is 4.34. The molecule has 0 fully saturated rings. The van der Waals surface area contributed by atoms with Crippen LogP contribution in [0.5, 0.6) is 0 Å². The van der Waals surface area contributed by atoms with Crippen LogP contribution in [0.2, 0.25) is 0 Å². The third-order valence-corrected chi connectivity index (χ3v) is 3.58. The lowest BCUT2D eigenvalue weighted by molar-refractivity contribution is 0.459. The number of aliphatic imine (C=N–C) groups is 1. The second kappa shape index (κ2) is 6.97. The van der Waals surface area contributed by atoms with Gasteiger partial charge in [0, 0.05) is 58.5 Å². The molecule has 6 heteroatoms. The Labute approximate surface area is 126 Å². The molecule has 0 aliphatic carbocycles. The number of nitrogens with zero attached hydrogens (tertiary/aromatic N) is 5. The minimum absolute atomic E-state index is 0.821. The Morgan fingerprint density at radius 1 is 1.43 bits per heavy atom. The molecule has 0 aromatic carbocycles. The summed E-state index contributed by atoms with van der Waals surface area (Å²) >= 11 is 0. The minimum atomic E-state index is 0.821. The summed E-state index contributed by atoms with van der Waals surface area (Å²) < 4.78 is 4.25. The SMILES string of the molecule is CN=C(NCCn1ccnc1C)N(C)Cc1cccn1C. The van der Waals surface area contributed by atoms with Gasteiger partial charge in [0.25, 0.3) is 0 Å². The summed E-state index contributed by atoms with van der Waals surface area (Å²) in [4.78, 5) is 10.7. The van der Waals surface area contributed by atoms with E-state index >= 15 is 0 Å². The van der Waals surface area contributed by atoms with Gasteiger partial charge < -0.3 is 19.4 Å². The van der Waals surface area contributed by atoms with Crippen molar-refractivity contribution in [2.75, 3.05) is 20.6 Å². The van der Waals surface area contributed by atoms with Crippen molar-refractivity contribution in [1.82, 2.24) is 24.3 Å². The summed E-state index contributed by atoms with van der Waals surface area (Å²) in [6, 6.07) is 4.18. The van der Waals surface area contributed by atoms with Gasteiger partial charge in [-0.05, 0) is 19.1 Å². The van der Waals surface area contributed by atoms with Crippen LogP contribution in [0.1, 0.15) is 11.5 Å². The topological polar surface area (TPSA) is 50.4 Å². The number of imidazole rings is 1. The lowest BCUT2D eigenvalue weighted by Gasteiger charge is -2.22. The van der Waals surface area contributed by atoms with E-state index in [0.717, 1.165) is 31.4 Å². The Bertz CT molecular complexity index is 595. The molecule has 114 valence electrons. The first-order chi connectivity index (χ1) is 10.1. The molecule has 0 radical (unpaired) electrons. The number of aryl methyl sites for hydroxylation is 2. The van der Waals surface area contributed by atoms with Gasteiger partial charge in [-0.2, -0.15) is 0 Å². The molecule has 0 aliphatic rings. The molecule has 2 heterocycles. The van der Waals surface area contributed by atoms with Gasteiger partial charge in [-0.1, -0.05) is 0 Å². The number of guanidine groups is 1. The Kier molecular flexibility index (Phi) is 5.03. The molecule has 21 heavy (non-hydrogen) atoms. The zero-order chi connectivity index (χ0) is 15.2. The highest BCUT2D eigenvalue weighted by Crippen LogP contribution is 2.03. The summed E-state index contributed by atoms with van der Waals surface area (Å²) in [5, 5.41) is 3.38. The first-order valence-corrected chi connectivity index (χ1v) is 7.11. The Hall–Kier alpha value is -2.24. The van der Waals surface area contributed by atoms with Gasteiger partial charge in [0.1, 0.15) is 5.82 Å². The average Bonchev–Trinajstić information content (AvgIpc) is 3.04. The van der Waals surface area contributed by atoms with Crippen molar-refractivity contribution in [3.8, 4) is 0 Å². The van der Waals surface area contributed by atoms with E-state index in [9.17, 15) is 0 Å². The normalized spacial score (nSPS) is 11.7. The second-order valence-corrected chi connectivity index (χ2v) is 5.11. The van der Waals surface area contributed by atoms with Crippen LogP contribution >= 0.6 is 0 Å². The van der Waals surface area contributed by atoms with E-state index < -0.39 is 0 Å². The molecule has 0 bridgehead atoms. The number of aromatic nitrogens is 3. The van der Waals surface area contributed by atoms with E-state index in [2.05, 4.69) is 54.7 Å². The Morgan fingerprint density at radius 3 is 2.81 bits per heavy atom. The third-order valence-electron chi connectivity index (χ3n) is 3.58. The van der Waals surface area contributed by atoms with Crippen LogP contribution in [0, 0.1) is 6.92 Å². The molecule has 2 aromatic heterocycles. The molecule has 1 N–H and O–H groups in total. The van der Waals surface area contributed by atoms with Crippen LogP contribution in [-0.4, -0.2) is 45.6 Å². The Morgan fingerprint density at radius 2 is 2.24 bits per heavy atom. The fraction of sp³-hybridized carbons (Fsp3) is 0.467. The van der Waals surface area contributed by atoms with Gasteiger partial charge in [0.05, 0.1) is 6.54 Å². The van der Waals surface area contributed by atoms with Crippen molar-refractivity contribution in [2.24, 2.45) is 12.0 Å². The highest BCUT2D eigenvalue weighted by atomic mass is 15.3. The van der Waals surface area contributed by atoms with Crippen LogP contribution in [0.4, 0.5) is 0 Å². The van der Waals surface area contributed by atoms with Crippen LogP contribution in [0.3, 0.4) is 0 Å². The van der Waals surface area contributed by atoms with E-state index in [0.29, 0.717) is 0 Å². The standard InChI is InChI=1S/C15H24N6/c1-13-17-7-10-21(13)11-8-18-15(16-2)20(4)12-14-6-5-9-19(14)3/h5-7,9-10H,8,11-12H2,1-4H3,(H,16,18). The largest absolute Gasteiger partial charge is 0.354 e. The highest BCUT2D eigenvalue weighted by Gasteiger charge is 2.08. The summed E-state index contributed by atoms with van der Waals surface area (Å²) in [7, 11) is 5.91. The van der Waals surface area contributed by atoms with Gasteiger partial charge >= 0.3 is 0 Å². The molecule has 0 aliphatic heterocycles. The molecule has 0 unspecified atom stereocenters. The summed E-state index contributed by atoms with van der Waals surface area (Å²) in [5.74, 6) is 1.93. The third kappa shape index (κ3) is 3.87. The zero-order valence-corrected chi connectivity index (χ0v) is 13.2. The molecular weight excluding hydrogens is 264 g/mol. The van der Waals surface area contributed by atoms with Crippen molar-refractivity contribution >= 4 is 5.96 Å². The van der Waals surface area contributed by atoms with Crippen molar-refractivity contribution < 1.29 is 0 Å². The number of nitrogens with one attached hydrogen (secondary N) is 1. The van der Waals surface area contributed by atoms with E-state index in [1.165, 1.54) is 5.69 Å². The highest BCUT2D eigenvalue weighted by molar-refractivity contribution is 5.79. The lowest BCUT2D eigenvalue weighted by atomic mass is 10.4. The quantitative estimate of drug-likeness (QED) is 0.665. The van der Waals surface area contributed by atoms with Crippen LogP contribution < -0.4 is 5.32 Å². The monoisotopic (exact) mass is 288 g/mol. The van der Waals surface area contributed by atoms with Crippen molar-refractivity contribution in [1.29, 1.82) is 0 Å². The number of hydrogen-bond acceptors (Lipinski definition) is 2. The molecule has 2 rings (SSSR count). The molecule has 0 spiro atoms. The second-order valence-electron chi connectivity index (χ2n) is 5.11. The van der Waals surface area contributed by atoms with Crippen molar-refractivity contribution in [2.45, 2.75) is 20.0 Å². The van der Waals surface area contributed by atoms with Crippen LogP contribution in [0.15, 0.2) is 35.7 Å².